The van der Waals surface area contributed by atoms with Crippen LogP contribution in [0.4, 0.5) is 0 Å². The zero-order valence-electron chi connectivity index (χ0n) is 6.71. The molecule has 64 valence electrons. The van der Waals surface area contributed by atoms with Gasteiger partial charge in [-0.3, -0.25) is 4.79 Å². The minimum absolute atomic E-state index is 0.240. The van der Waals surface area contributed by atoms with E-state index in [1.54, 1.807) is 0 Å². The van der Waals surface area contributed by atoms with Crippen molar-refractivity contribution < 1.29 is 9.90 Å². The van der Waals surface area contributed by atoms with Crippen LogP contribution in [0.2, 0.25) is 0 Å². The van der Waals surface area contributed by atoms with Crippen LogP contribution in [0.1, 0.15) is 29.9 Å². The number of rotatable bonds is 2. The highest BCUT2D eigenvalue weighted by atomic mass is 16.4. The lowest BCUT2D eigenvalue weighted by molar-refractivity contribution is -0.137. The highest BCUT2D eigenvalue weighted by Gasteiger charge is 2.24. The van der Waals surface area contributed by atoms with Crippen molar-refractivity contribution in [2.45, 2.75) is 25.2 Å². The summed E-state index contributed by atoms with van der Waals surface area (Å²) < 4.78 is 0. The van der Waals surface area contributed by atoms with Gasteiger partial charge in [0.15, 0.2) is 0 Å². The van der Waals surface area contributed by atoms with E-state index in [4.69, 9.17) is 5.11 Å². The zero-order valence-corrected chi connectivity index (χ0v) is 6.71. The van der Waals surface area contributed by atoms with Gasteiger partial charge in [0.05, 0.1) is 6.42 Å². The van der Waals surface area contributed by atoms with Gasteiger partial charge in [0.1, 0.15) is 0 Å². The Kier molecular flexibility index (Phi) is 1.64. The number of hydrogen-bond donors (Lipinski definition) is 2. The number of carbonyl (C=O) groups is 1. The number of carboxylic acids is 1. The highest BCUT2D eigenvalue weighted by Crippen LogP contribution is 2.34. The topological polar surface area (TPSA) is 53.1 Å². The van der Waals surface area contributed by atoms with Gasteiger partial charge < -0.3 is 10.1 Å². The zero-order chi connectivity index (χ0) is 8.55. The molecule has 1 aliphatic rings. The normalized spacial score (nSPS) is 20.8. The van der Waals surface area contributed by atoms with Gasteiger partial charge in [-0.05, 0) is 29.9 Å². The number of aryl methyl sites for hydroxylation is 1. The second-order valence-corrected chi connectivity index (χ2v) is 3.27. The molecule has 0 amide bonds. The monoisotopic (exact) mass is 165 g/mol. The fourth-order valence-electron chi connectivity index (χ4n) is 1.91. The van der Waals surface area contributed by atoms with E-state index in [1.807, 2.05) is 12.4 Å². The number of aromatic amines is 1. The molecule has 1 aliphatic carbocycles. The van der Waals surface area contributed by atoms with E-state index in [1.165, 1.54) is 11.1 Å². The Bertz CT molecular complexity index is 303. The van der Waals surface area contributed by atoms with E-state index in [2.05, 4.69) is 4.98 Å². The summed E-state index contributed by atoms with van der Waals surface area (Å²) in [5, 5.41) is 8.63. The van der Waals surface area contributed by atoms with Gasteiger partial charge in [0.25, 0.3) is 0 Å². The average molecular weight is 165 g/mol. The summed E-state index contributed by atoms with van der Waals surface area (Å²) in [7, 11) is 0. The van der Waals surface area contributed by atoms with Crippen molar-refractivity contribution in [3.05, 3.63) is 23.5 Å². The average Bonchev–Trinajstić information content (AvgIpc) is 2.52. The lowest BCUT2D eigenvalue weighted by atomic mass is 10.0. The second-order valence-electron chi connectivity index (χ2n) is 3.27. The first kappa shape index (κ1) is 7.40. The third-order valence-corrected chi connectivity index (χ3v) is 2.49. The second kappa shape index (κ2) is 2.66. The SMILES string of the molecule is O=C(O)CC1CCc2c[nH]cc21. The molecule has 1 unspecified atom stereocenters. The molecule has 0 fully saturated rings. The molecule has 0 bridgehead atoms. The van der Waals surface area contributed by atoms with Crippen molar-refractivity contribution in [1.29, 1.82) is 0 Å². The summed E-state index contributed by atoms with van der Waals surface area (Å²) in [4.78, 5) is 13.5. The first-order valence-electron chi connectivity index (χ1n) is 4.14. The Morgan fingerprint density at radius 2 is 2.50 bits per heavy atom. The highest BCUT2D eigenvalue weighted by molar-refractivity contribution is 5.68. The first-order valence-corrected chi connectivity index (χ1v) is 4.14. The van der Waals surface area contributed by atoms with E-state index >= 15 is 0 Å². The largest absolute Gasteiger partial charge is 0.481 e. The van der Waals surface area contributed by atoms with E-state index < -0.39 is 5.97 Å². The molecule has 1 atom stereocenters. The number of fused-ring (bicyclic) bond motifs is 1. The summed E-state index contributed by atoms with van der Waals surface area (Å²) in [6.07, 6.45) is 6.18. The van der Waals surface area contributed by atoms with E-state index in [-0.39, 0.29) is 12.3 Å². The Balaban J connectivity index is 2.17. The number of aliphatic carboxylic acids is 1. The van der Waals surface area contributed by atoms with Gasteiger partial charge in [-0.1, -0.05) is 0 Å². The smallest absolute Gasteiger partial charge is 0.303 e. The van der Waals surface area contributed by atoms with Gasteiger partial charge in [-0.15, -0.1) is 0 Å². The maximum Gasteiger partial charge on any atom is 0.303 e. The van der Waals surface area contributed by atoms with Crippen molar-refractivity contribution in [3.63, 3.8) is 0 Å². The molecule has 0 saturated carbocycles. The fraction of sp³-hybridized carbons (Fsp3) is 0.444. The molecule has 0 spiro atoms. The van der Waals surface area contributed by atoms with Crippen LogP contribution in [-0.4, -0.2) is 16.1 Å². The number of hydrogen-bond acceptors (Lipinski definition) is 1. The van der Waals surface area contributed by atoms with Crippen LogP contribution in [0.15, 0.2) is 12.4 Å². The van der Waals surface area contributed by atoms with E-state index in [0.717, 1.165) is 12.8 Å². The minimum Gasteiger partial charge on any atom is -0.481 e. The molecule has 0 aromatic carbocycles. The summed E-state index contributed by atoms with van der Waals surface area (Å²) in [5.74, 6) is -0.460. The molecule has 0 aliphatic heterocycles. The lowest BCUT2D eigenvalue weighted by Crippen LogP contribution is -2.02. The maximum atomic E-state index is 10.5. The third kappa shape index (κ3) is 1.11. The molecule has 12 heavy (non-hydrogen) atoms. The van der Waals surface area contributed by atoms with Crippen molar-refractivity contribution in [1.82, 2.24) is 4.98 Å². The van der Waals surface area contributed by atoms with Gasteiger partial charge in [-0.25, -0.2) is 0 Å². The summed E-state index contributed by atoms with van der Waals surface area (Å²) in [5.41, 5.74) is 2.50. The van der Waals surface area contributed by atoms with Crippen LogP contribution >= 0.6 is 0 Å². The van der Waals surface area contributed by atoms with Gasteiger partial charge in [0.2, 0.25) is 0 Å². The molecule has 2 N–H and O–H groups in total. The Labute approximate surface area is 70.4 Å². The molecule has 2 rings (SSSR count). The molecule has 3 nitrogen and oxygen atoms in total. The van der Waals surface area contributed by atoms with Crippen molar-refractivity contribution in [3.8, 4) is 0 Å². The lowest BCUT2D eigenvalue weighted by Gasteiger charge is -2.04. The molecule has 1 aromatic rings. The molecule has 0 radical (unpaired) electrons. The quantitative estimate of drug-likeness (QED) is 0.698. The van der Waals surface area contributed by atoms with E-state index in [0.29, 0.717) is 0 Å². The molecule has 3 heteroatoms. The molecule has 1 heterocycles. The Morgan fingerprint density at radius 3 is 3.25 bits per heavy atom. The van der Waals surface area contributed by atoms with Crippen molar-refractivity contribution in [2.24, 2.45) is 0 Å². The number of aromatic nitrogens is 1. The number of nitrogens with one attached hydrogen (secondary N) is 1. The standard InChI is InChI=1S/C9H11NO2/c11-9(12)3-6-1-2-7-4-10-5-8(6)7/h4-6,10H,1-3H2,(H,11,12). The molecular weight excluding hydrogens is 154 g/mol. The van der Waals surface area contributed by atoms with E-state index in [9.17, 15) is 4.79 Å². The number of H-pyrrole nitrogens is 1. The maximum absolute atomic E-state index is 10.5. The Hall–Kier alpha value is -1.25. The predicted octanol–water partition coefficient (Wildman–Crippen LogP) is 1.52. The van der Waals surface area contributed by atoms with Crippen LogP contribution < -0.4 is 0 Å². The van der Waals surface area contributed by atoms with Crippen LogP contribution in [0.3, 0.4) is 0 Å². The molecular formula is C9H11NO2. The van der Waals surface area contributed by atoms with Crippen molar-refractivity contribution in [2.75, 3.05) is 0 Å². The van der Waals surface area contributed by atoms with Crippen LogP contribution in [0, 0.1) is 0 Å². The van der Waals surface area contributed by atoms with Crippen LogP contribution in [0.5, 0.6) is 0 Å². The van der Waals surface area contributed by atoms with Gasteiger partial charge >= 0.3 is 5.97 Å². The first-order chi connectivity index (χ1) is 5.77. The molecule has 0 saturated heterocycles. The summed E-state index contributed by atoms with van der Waals surface area (Å²) in [6.45, 7) is 0. The van der Waals surface area contributed by atoms with Crippen molar-refractivity contribution >= 4 is 5.97 Å². The third-order valence-electron chi connectivity index (χ3n) is 2.49. The summed E-state index contributed by atoms with van der Waals surface area (Å²) >= 11 is 0. The number of carboxylic acid groups (broad SMARTS) is 1. The molecule has 1 aromatic heterocycles. The predicted molar refractivity (Wildman–Crippen MR) is 44.1 cm³/mol. The Morgan fingerprint density at radius 1 is 1.67 bits per heavy atom. The van der Waals surface area contributed by atoms with Crippen LogP contribution in [-0.2, 0) is 11.2 Å². The minimum atomic E-state index is -0.700. The summed E-state index contributed by atoms with van der Waals surface area (Å²) in [6, 6.07) is 0. The van der Waals surface area contributed by atoms with Gasteiger partial charge in [-0.2, -0.15) is 0 Å². The van der Waals surface area contributed by atoms with Gasteiger partial charge in [0, 0.05) is 12.4 Å². The van der Waals surface area contributed by atoms with Crippen LogP contribution in [0.25, 0.3) is 0 Å². The fourth-order valence-corrected chi connectivity index (χ4v) is 1.91.